The second kappa shape index (κ2) is 11.3. The summed E-state index contributed by atoms with van der Waals surface area (Å²) in [6.07, 6.45) is 3.86. The summed E-state index contributed by atoms with van der Waals surface area (Å²) < 4.78 is 5.44. The summed E-state index contributed by atoms with van der Waals surface area (Å²) >= 11 is 5.97. The van der Waals surface area contributed by atoms with Gasteiger partial charge in [-0.25, -0.2) is 5.43 Å². The number of benzene rings is 2. The molecule has 2 aromatic rings. The lowest BCUT2D eigenvalue weighted by molar-refractivity contribution is -0.123. The highest BCUT2D eigenvalue weighted by molar-refractivity contribution is 6.31. The van der Waals surface area contributed by atoms with Crippen LogP contribution in [-0.2, 0) is 4.79 Å². The molecule has 0 unspecified atom stereocenters. The van der Waals surface area contributed by atoms with Gasteiger partial charge in [-0.2, -0.15) is 5.10 Å². The van der Waals surface area contributed by atoms with E-state index in [0.717, 1.165) is 37.1 Å². The fourth-order valence-electron chi connectivity index (χ4n) is 2.75. The minimum absolute atomic E-state index is 0.111. The number of rotatable bonds is 10. The molecule has 1 amide bonds. The van der Waals surface area contributed by atoms with Crippen molar-refractivity contribution >= 4 is 29.4 Å². The lowest BCUT2D eigenvalue weighted by atomic mass is 10.2. The molecule has 0 aromatic heterocycles. The van der Waals surface area contributed by atoms with Gasteiger partial charge < -0.3 is 9.64 Å². The zero-order chi connectivity index (χ0) is 20.4. The third-order valence-electron chi connectivity index (χ3n) is 4.15. The summed E-state index contributed by atoms with van der Waals surface area (Å²) in [7, 11) is 0. The van der Waals surface area contributed by atoms with Gasteiger partial charge in [0.25, 0.3) is 5.91 Å². The van der Waals surface area contributed by atoms with Gasteiger partial charge in [0, 0.05) is 23.8 Å². The predicted molar refractivity (Wildman–Crippen MR) is 117 cm³/mol. The van der Waals surface area contributed by atoms with Crippen LogP contribution in [0.3, 0.4) is 0 Å². The maximum absolute atomic E-state index is 11.9. The van der Waals surface area contributed by atoms with Gasteiger partial charge in [-0.05, 0) is 61.2 Å². The van der Waals surface area contributed by atoms with Gasteiger partial charge in [0.2, 0.25) is 0 Å². The van der Waals surface area contributed by atoms with Crippen molar-refractivity contribution in [2.75, 3.05) is 24.6 Å². The van der Waals surface area contributed by atoms with Crippen molar-refractivity contribution in [1.29, 1.82) is 0 Å². The Morgan fingerprint density at radius 1 is 1.14 bits per heavy atom. The zero-order valence-electron chi connectivity index (χ0n) is 16.7. The third-order valence-corrected chi connectivity index (χ3v) is 4.57. The van der Waals surface area contributed by atoms with E-state index >= 15 is 0 Å². The predicted octanol–water partition coefficient (Wildman–Crippen LogP) is 4.80. The molecule has 5 nitrogen and oxygen atoms in total. The molecule has 0 fully saturated rings. The van der Waals surface area contributed by atoms with Crippen LogP contribution in [0.1, 0.15) is 37.8 Å². The van der Waals surface area contributed by atoms with Gasteiger partial charge in [-0.15, -0.1) is 0 Å². The number of amides is 1. The standard InChI is InChI=1S/C22H28ClN3O2/c1-4-12-26(13-5-2)19-8-6-18(7-9-19)15-24-25-22(27)16-28-20-10-11-21(23)17(3)14-20/h6-11,14-15H,4-5,12-13,16H2,1-3H3,(H,25,27)/b24-15+. The van der Waals surface area contributed by atoms with E-state index in [9.17, 15) is 4.79 Å². The van der Waals surface area contributed by atoms with Crippen molar-refractivity contribution in [3.63, 3.8) is 0 Å². The van der Waals surface area contributed by atoms with Crippen molar-refractivity contribution in [2.24, 2.45) is 5.10 Å². The Kier molecular flexibility index (Phi) is 8.82. The van der Waals surface area contributed by atoms with E-state index < -0.39 is 0 Å². The molecule has 1 N–H and O–H groups in total. The van der Waals surface area contributed by atoms with E-state index in [4.69, 9.17) is 16.3 Å². The van der Waals surface area contributed by atoms with Crippen LogP contribution in [0, 0.1) is 6.92 Å². The highest BCUT2D eigenvalue weighted by atomic mass is 35.5. The first-order chi connectivity index (χ1) is 13.5. The van der Waals surface area contributed by atoms with E-state index in [1.165, 1.54) is 5.69 Å². The second-order valence-electron chi connectivity index (χ2n) is 6.57. The first-order valence-electron chi connectivity index (χ1n) is 9.59. The Labute approximate surface area is 172 Å². The molecule has 0 radical (unpaired) electrons. The van der Waals surface area contributed by atoms with E-state index in [1.54, 1.807) is 24.4 Å². The first kappa shape index (κ1) is 21.8. The highest BCUT2D eigenvalue weighted by Gasteiger charge is 2.05. The lowest BCUT2D eigenvalue weighted by Crippen LogP contribution is -2.25. The van der Waals surface area contributed by atoms with E-state index in [1.807, 2.05) is 19.1 Å². The van der Waals surface area contributed by atoms with Crippen LogP contribution < -0.4 is 15.1 Å². The van der Waals surface area contributed by atoms with Crippen molar-refractivity contribution in [1.82, 2.24) is 5.43 Å². The molecular weight excluding hydrogens is 374 g/mol. The largest absolute Gasteiger partial charge is 0.484 e. The Bertz CT molecular complexity index is 785. The molecule has 28 heavy (non-hydrogen) atoms. The molecule has 0 bridgehead atoms. The van der Waals surface area contributed by atoms with Crippen molar-refractivity contribution in [3.8, 4) is 5.75 Å². The second-order valence-corrected chi connectivity index (χ2v) is 6.98. The number of hydrogen-bond acceptors (Lipinski definition) is 4. The number of hydrazone groups is 1. The summed E-state index contributed by atoms with van der Waals surface area (Å²) in [5, 5.41) is 4.66. The number of carbonyl (C=O) groups excluding carboxylic acids is 1. The SMILES string of the molecule is CCCN(CCC)c1ccc(/C=N/NC(=O)COc2ccc(Cl)c(C)c2)cc1. The molecule has 6 heteroatoms. The fourth-order valence-corrected chi connectivity index (χ4v) is 2.87. The molecule has 0 saturated carbocycles. The van der Waals surface area contributed by atoms with Crippen LogP contribution in [0.2, 0.25) is 5.02 Å². The summed E-state index contributed by atoms with van der Waals surface area (Å²) in [5.41, 5.74) is 5.50. The summed E-state index contributed by atoms with van der Waals surface area (Å²) in [4.78, 5) is 14.2. The number of aryl methyl sites for hydroxylation is 1. The minimum Gasteiger partial charge on any atom is -0.484 e. The zero-order valence-corrected chi connectivity index (χ0v) is 17.5. The molecule has 2 rings (SSSR count). The number of hydrogen-bond donors (Lipinski definition) is 1. The first-order valence-corrected chi connectivity index (χ1v) is 9.97. The van der Waals surface area contributed by atoms with Crippen molar-refractivity contribution < 1.29 is 9.53 Å². The Morgan fingerprint density at radius 3 is 2.43 bits per heavy atom. The third kappa shape index (κ3) is 6.89. The molecule has 150 valence electrons. The molecule has 2 aromatic carbocycles. The molecule has 0 heterocycles. The van der Waals surface area contributed by atoms with Crippen molar-refractivity contribution in [3.05, 3.63) is 58.6 Å². The summed E-state index contributed by atoms with van der Waals surface area (Å²) in [6, 6.07) is 13.4. The highest BCUT2D eigenvalue weighted by Crippen LogP contribution is 2.21. The number of nitrogens with one attached hydrogen (secondary N) is 1. The molecule has 0 aliphatic rings. The Hall–Kier alpha value is -2.53. The Balaban J connectivity index is 1.82. The number of halogens is 1. The number of anilines is 1. The molecule has 0 aliphatic carbocycles. The normalized spacial score (nSPS) is 10.9. The monoisotopic (exact) mass is 401 g/mol. The molecule has 0 saturated heterocycles. The molecule has 0 spiro atoms. The number of carbonyl (C=O) groups is 1. The van der Waals surface area contributed by atoms with Gasteiger partial charge in [-0.3, -0.25) is 4.79 Å². The summed E-state index contributed by atoms with van der Waals surface area (Å²) in [6.45, 7) is 8.23. The molecule has 0 atom stereocenters. The van der Waals surface area contributed by atoms with E-state index in [2.05, 4.69) is 41.4 Å². The summed E-state index contributed by atoms with van der Waals surface area (Å²) in [5.74, 6) is 0.276. The minimum atomic E-state index is -0.322. The maximum atomic E-state index is 11.9. The van der Waals surface area contributed by atoms with Crippen LogP contribution in [-0.4, -0.2) is 31.8 Å². The molecule has 0 aliphatic heterocycles. The quantitative estimate of drug-likeness (QED) is 0.459. The van der Waals surface area contributed by atoms with Gasteiger partial charge in [0.15, 0.2) is 6.61 Å². The smallest absolute Gasteiger partial charge is 0.277 e. The van der Waals surface area contributed by atoms with Gasteiger partial charge >= 0.3 is 0 Å². The topological polar surface area (TPSA) is 53.9 Å². The van der Waals surface area contributed by atoms with E-state index in [-0.39, 0.29) is 12.5 Å². The fraction of sp³-hybridized carbons (Fsp3) is 0.364. The van der Waals surface area contributed by atoms with Crippen LogP contribution in [0.25, 0.3) is 0 Å². The lowest BCUT2D eigenvalue weighted by Gasteiger charge is -2.23. The number of ether oxygens (including phenoxy) is 1. The van der Waals surface area contributed by atoms with Crippen LogP contribution in [0.15, 0.2) is 47.6 Å². The van der Waals surface area contributed by atoms with Gasteiger partial charge in [0.05, 0.1) is 6.21 Å². The number of nitrogens with zero attached hydrogens (tertiary/aromatic N) is 2. The van der Waals surface area contributed by atoms with Crippen LogP contribution in [0.5, 0.6) is 5.75 Å². The van der Waals surface area contributed by atoms with Gasteiger partial charge in [0.1, 0.15) is 5.75 Å². The average molecular weight is 402 g/mol. The van der Waals surface area contributed by atoms with E-state index in [0.29, 0.717) is 10.8 Å². The average Bonchev–Trinajstić information content (AvgIpc) is 2.69. The van der Waals surface area contributed by atoms with Crippen LogP contribution in [0.4, 0.5) is 5.69 Å². The Morgan fingerprint density at radius 2 is 1.82 bits per heavy atom. The maximum Gasteiger partial charge on any atom is 0.277 e. The van der Waals surface area contributed by atoms with Gasteiger partial charge in [-0.1, -0.05) is 37.6 Å². The van der Waals surface area contributed by atoms with Crippen molar-refractivity contribution in [2.45, 2.75) is 33.6 Å². The molecular formula is C22H28ClN3O2. The van der Waals surface area contributed by atoms with Crippen LogP contribution >= 0.6 is 11.6 Å².